The lowest BCUT2D eigenvalue weighted by molar-refractivity contribution is -0.883. The van der Waals surface area contributed by atoms with Crippen LogP contribution in [0.25, 0.3) is 0 Å². The highest BCUT2D eigenvalue weighted by atomic mass is 35.5. The minimum atomic E-state index is -0.321. The molecule has 0 fully saturated rings. The highest BCUT2D eigenvalue weighted by molar-refractivity contribution is 5.71. The largest absolute Gasteiger partial charge is 1.00 e. The lowest BCUT2D eigenvalue weighted by Gasteiger charge is -2.28. The molecule has 0 bridgehead atoms. The van der Waals surface area contributed by atoms with Gasteiger partial charge in [-0.25, -0.2) is 9.59 Å². The summed E-state index contributed by atoms with van der Waals surface area (Å²) in [5.41, 5.74) is 0. The van der Waals surface area contributed by atoms with Gasteiger partial charge in [-0.05, 0) is 38.5 Å². The number of quaternary nitrogens is 2. The monoisotopic (exact) mass is 929 g/mol. The zero-order valence-corrected chi connectivity index (χ0v) is 41.1. The van der Waals surface area contributed by atoms with Gasteiger partial charge in [0.15, 0.2) is 13.1 Å². The van der Waals surface area contributed by atoms with Gasteiger partial charge in [0.05, 0.1) is 54.6 Å². The van der Waals surface area contributed by atoms with Crippen molar-refractivity contribution in [1.82, 2.24) is 0 Å². The minimum absolute atomic E-state index is 0. The van der Waals surface area contributed by atoms with Crippen molar-refractivity contribution in [2.24, 2.45) is 0 Å². The standard InChI is InChI=1S/C46H86N2O12.2ClH/c1-41(49)55-37-31-47(3,4)39-45(53)59-35-27-20-14-10-9-13-19-25-33-57-43(51)29-23-17-11-7-8-12-18-24-30-44(52)58-34-26-21-15-16-22-28-36-60-46(54)40-48(5,6)32-38-56-42(2)50;;/h7-40H2,1-6H3;2*1H/q+2;;/p-2. The van der Waals surface area contributed by atoms with Gasteiger partial charge < -0.3 is 62.2 Å². The molecule has 0 aliphatic rings. The normalized spacial score (nSPS) is 11.1. The minimum Gasteiger partial charge on any atom is -1.00 e. The molecule has 0 aromatic heterocycles. The predicted molar refractivity (Wildman–Crippen MR) is 232 cm³/mol. The van der Waals surface area contributed by atoms with Crippen LogP contribution < -0.4 is 24.8 Å². The van der Waals surface area contributed by atoms with E-state index in [1.807, 2.05) is 28.2 Å². The number of halogens is 2. The third-order valence-electron chi connectivity index (χ3n) is 10.3. The van der Waals surface area contributed by atoms with Gasteiger partial charge in [-0.15, -0.1) is 0 Å². The second-order valence-electron chi connectivity index (χ2n) is 17.5. The van der Waals surface area contributed by atoms with E-state index >= 15 is 0 Å². The molecule has 0 radical (unpaired) electrons. The van der Waals surface area contributed by atoms with E-state index in [1.165, 1.54) is 13.8 Å². The van der Waals surface area contributed by atoms with E-state index in [-0.39, 0.29) is 86.9 Å². The quantitative estimate of drug-likeness (QED) is 0.0380. The molecule has 0 heterocycles. The van der Waals surface area contributed by atoms with E-state index in [4.69, 9.17) is 28.4 Å². The second kappa shape index (κ2) is 42.3. The summed E-state index contributed by atoms with van der Waals surface area (Å²) in [5, 5.41) is 0. The summed E-state index contributed by atoms with van der Waals surface area (Å²) in [6.45, 7) is 6.76. The van der Waals surface area contributed by atoms with Crippen LogP contribution in [0.4, 0.5) is 0 Å². The lowest BCUT2D eigenvalue weighted by atomic mass is 10.1. The maximum atomic E-state index is 12.1. The van der Waals surface area contributed by atoms with Gasteiger partial charge in [-0.3, -0.25) is 19.2 Å². The molecule has 0 N–H and O–H groups in total. The molecule has 366 valence electrons. The van der Waals surface area contributed by atoms with Crippen molar-refractivity contribution < 1.29 is 91.0 Å². The van der Waals surface area contributed by atoms with E-state index < -0.39 is 0 Å². The molecule has 62 heavy (non-hydrogen) atoms. The summed E-state index contributed by atoms with van der Waals surface area (Å²) in [5.74, 6) is -1.30. The van der Waals surface area contributed by atoms with Crippen LogP contribution in [-0.4, -0.2) is 139 Å². The highest BCUT2D eigenvalue weighted by Crippen LogP contribution is 2.13. The summed E-state index contributed by atoms with van der Waals surface area (Å²) in [7, 11) is 7.64. The van der Waals surface area contributed by atoms with Crippen molar-refractivity contribution in [3.8, 4) is 0 Å². The smallest absolute Gasteiger partial charge is 0.361 e. The average molecular weight is 930 g/mol. The Balaban J connectivity index is -0.0000174. The number of carbonyl (C=O) groups is 6. The highest BCUT2D eigenvalue weighted by Gasteiger charge is 2.22. The van der Waals surface area contributed by atoms with Crippen LogP contribution in [0.5, 0.6) is 0 Å². The number of hydrogen-bond donors (Lipinski definition) is 0. The van der Waals surface area contributed by atoms with Crippen LogP contribution in [0.2, 0.25) is 0 Å². The molecule has 0 atom stereocenters. The molecule has 14 nitrogen and oxygen atoms in total. The first-order chi connectivity index (χ1) is 28.6. The summed E-state index contributed by atoms with van der Waals surface area (Å²) < 4.78 is 32.3. The van der Waals surface area contributed by atoms with Crippen molar-refractivity contribution in [2.75, 3.05) is 94.0 Å². The third-order valence-corrected chi connectivity index (χ3v) is 10.3. The zero-order valence-electron chi connectivity index (χ0n) is 39.6. The molecule has 0 spiro atoms. The predicted octanol–water partition coefficient (Wildman–Crippen LogP) is 1.81. The zero-order chi connectivity index (χ0) is 44.7. The Labute approximate surface area is 387 Å². The van der Waals surface area contributed by atoms with E-state index in [0.29, 0.717) is 61.3 Å². The topological polar surface area (TPSA) is 158 Å². The molecule has 0 aromatic carbocycles. The Morgan fingerprint density at radius 1 is 0.306 bits per heavy atom. The Morgan fingerprint density at radius 3 is 0.790 bits per heavy atom. The van der Waals surface area contributed by atoms with E-state index in [2.05, 4.69) is 0 Å². The van der Waals surface area contributed by atoms with Crippen molar-refractivity contribution in [3.63, 3.8) is 0 Å². The first kappa shape index (κ1) is 63.6. The molecule has 0 saturated carbocycles. The maximum absolute atomic E-state index is 12.1. The van der Waals surface area contributed by atoms with Crippen LogP contribution in [0.1, 0.15) is 168 Å². The first-order valence-electron chi connectivity index (χ1n) is 23.1. The first-order valence-corrected chi connectivity index (χ1v) is 23.1. The number of carbonyl (C=O) groups excluding carboxylic acids is 6. The number of ether oxygens (including phenoxy) is 6. The van der Waals surface area contributed by atoms with Crippen LogP contribution in [0.3, 0.4) is 0 Å². The van der Waals surface area contributed by atoms with E-state index in [1.54, 1.807) is 0 Å². The number of esters is 6. The van der Waals surface area contributed by atoms with Crippen molar-refractivity contribution in [2.45, 2.75) is 168 Å². The molecular formula is C46H86Cl2N2O12. The van der Waals surface area contributed by atoms with Gasteiger partial charge in [0.2, 0.25) is 0 Å². The molecule has 16 heteroatoms. The second-order valence-corrected chi connectivity index (χ2v) is 17.5. The van der Waals surface area contributed by atoms with Crippen LogP contribution in [0.15, 0.2) is 0 Å². The molecule has 0 aromatic rings. The number of hydrogen-bond acceptors (Lipinski definition) is 12. The fourth-order valence-corrected chi connectivity index (χ4v) is 6.49. The molecular weight excluding hydrogens is 843 g/mol. The lowest BCUT2D eigenvalue weighted by Crippen LogP contribution is -3.00. The van der Waals surface area contributed by atoms with Crippen LogP contribution in [-0.2, 0) is 57.2 Å². The third kappa shape index (κ3) is 46.8. The van der Waals surface area contributed by atoms with E-state index in [9.17, 15) is 28.8 Å². The Bertz CT molecular complexity index is 1170. The maximum Gasteiger partial charge on any atom is 0.361 e. The van der Waals surface area contributed by atoms with Gasteiger partial charge in [-0.1, -0.05) is 103 Å². The van der Waals surface area contributed by atoms with Gasteiger partial charge >= 0.3 is 35.8 Å². The molecule has 0 amide bonds. The molecule has 0 aliphatic carbocycles. The van der Waals surface area contributed by atoms with Gasteiger partial charge in [0.25, 0.3) is 0 Å². The van der Waals surface area contributed by atoms with Gasteiger partial charge in [-0.2, -0.15) is 0 Å². The van der Waals surface area contributed by atoms with Crippen LogP contribution >= 0.6 is 0 Å². The fourth-order valence-electron chi connectivity index (χ4n) is 6.49. The SMILES string of the molecule is CC(=O)OCC[N+](C)(C)CC(=O)OCCCCCCCCCCOC(=O)CCCCCCCCCCC(=O)OCCCCCCCCOC(=O)C[N+](C)(C)CCOC(C)=O.[Cl-].[Cl-]. The van der Waals surface area contributed by atoms with Crippen molar-refractivity contribution in [1.29, 1.82) is 0 Å². The van der Waals surface area contributed by atoms with E-state index in [0.717, 1.165) is 141 Å². The van der Waals surface area contributed by atoms with Gasteiger partial charge in [0, 0.05) is 26.7 Å². The van der Waals surface area contributed by atoms with Gasteiger partial charge in [0.1, 0.15) is 26.3 Å². The molecule has 0 rings (SSSR count). The molecule has 0 unspecified atom stereocenters. The number of unbranched alkanes of at least 4 members (excludes halogenated alkanes) is 19. The number of nitrogens with zero attached hydrogens (tertiary/aromatic N) is 2. The average Bonchev–Trinajstić information content (AvgIpc) is 3.15. The van der Waals surface area contributed by atoms with Crippen LogP contribution in [0, 0.1) is 0 Å². The molecule has 0 aliphatic heterocycles. The summed E-state index contributed by atoms with van der Waals surface area (Å²) in [6.07, 6.45) is 23.6. The Kier molecular flexibility index (Phi) is 43.4. The number of likely N-dealkylation sites (N-methyl/N-ethyl adjacent to an activating group) is 2. The fraction of sp³-hybridized carbons (Fsp3) is 0.870. The van der Waals surface area contributed by atoms with Crippen molar-refractivity contribution in [3.05, 3.63) is 0 Å². The summed E-state index contributed by atoms with van der Waals surface area (Å²) in [6, 6.07) is 0. The summed E-state index contributed by atoms with van der Waals surface area (Å²) >= 11 is 0. The Morgan fingerprint density at radius 2 is 0.532 bits per heavy atom. The molecule has 0 saturated heterocycles. The number of rotatable bonds is 41. The van der Waals surface area contributed by atoms with Crippen molar-refractivity contribution >= 4 is 35.8 Å². The Hall–Kier alpha value is -2.68. The summed E-state index contributed by atoms with van der Waals surface area (Å²) in [4.78, 5) is 70.1.